The number of likely N-dealkylation sites (tertiary alicyclic amines) is 1. The zero-order valence-corrected chi connectivity index (χ0v) is 16.2. The van der Waals surface area contributed by atoms with E-state index < -0.39 is 0 Å². The van der Waals surface area contributed by atoms with Crippen LogP contribution in [0.4, 0.5) is 5.69 Å². The first-order chi connectivity index (χ1) is 12.6. The predicted molar refractivity (Wildman–Crippen MR) is 110 cm³/mol. The number of pyridine rings is 1. The molecule has 136 valence electrons. The molecular formula is C21H25N3OS. The first-order valence-corrected chi connectivity index (χ1v) is 9.81. The highest BCUT2D eigenvalue weighted by Gasteiger charge is 2.35. The Bertz CT molecular complexity index is 904. The first-order valence-electron chi connectivity index (χ1n) is 9.41. The zero-order chi connectivity index (χ0) is 18.3. The molecule has 1 aromatic heterocycles. The Morgan fingerprint density at radius 2 is 2.00 bits per heavy atom. The van der Waals surface area contributed by atoms with Crippen LogP contribution in [0.2, 0.25) is 0 Å². The Morgan fingerprint density at radius 1 is 1.19 bits per heavy atom. The molecule has 2 aliphatic rings. The van der Waals surface area contributed by atoms with E-state index in [9.17, 15) is 4.79 Å². The van der Waals surface area contributed by atoms with E-state index in [1.54, 1.807) is 6.07 Å². The van der Waals surface area contributed by atoms with E-state index >= 15 is 0 Å². The van der Waals surface area contributed by atoms with E-state index in [0.29, 0.717) is 11.8 Å². The molecule has 4 rings (SSSR count). The summed E-state index contributed by atoms with van der Waals surface area (Å²) < 4.78 is 1.96. The number of rotatable bonds is 2. The van der Waals surface area contributed by atoms with Gasteiger partial charge in [0.2, 0.25) is 0 Å². The summed E-state index contributed by atoms with van der Waals surface area (Å²) in [4.78, 5) is 14.5. The molecule has 0 amide bonds. The molecule has 4 nitrogen and oxygen atoms in total. The summed E-state index contributed by atoms with van der Waals surface area (Å²) in [7, 11) is 0. The number of fused-ring (bicyclic) bond motifs is 4. The monoisotopic (exact) mass is 367 g/mol. The van der Waals surface area contributed by atoms with E-state index in [-0.39, 0.29) is 5.56 Å². The number of hydrogen-bond acceptors (Lipinski definition) is 2. The minimum absolute atomic E-state index is 0.124. The van der Waals surface area contributed by atoms with Crippen LogP contribution in [0, 0.1) is 12.8 Å². The van der Waals surface area contributed by atoms with Gasteiger partial charge < -0.3 is 14.8 Å². The van der Waals surface area contributed by atoms with E-state index in [2.05, 4.69) is 48.3 Å². The largest absolute Gasteiger partial charge is 0.348 e. The van der Waals surface area contributed by atoms with Crippen LogP contribution in [-0.4, -0.2) is 27.7 Å². The van der Waals surface area contributed by atoms with Gasteiger partial charge in [-0.15, -0.1) is 0 Å². The second-order valence-corrected chi connectivity index (χ2v) is 7.88. The number of aryl methyl sites for hydroxylation is 2. The van der Waals surface area contributed by atoms with Crippen LogP contribution < -0.4 is 10.9 Å². The number of benzene rings is 1. The summed E-state index contributed by atoms with van der Waals surface area (Å²) in [6, 6.07) is 12.0. The van der Waals surface area contributed by atoms with Crippen LogP contribution >= 0.6 is 12.2 Å². The molecule has 0 aliphatic carbocycles. The standard InChI is InChI=1S/C21H25N3OS/c1-3-16-7-4-6-14(2)20(16)22-21(26)23-11-15-10-17(13-23)18-8-5-9-19(25)24(18)12-15/h4-9,15,17H,3,10-13H2,1-2H3,(H,22,26)/t15-,17+/m1/s1. The SMILES string of the molecule is CCc1cccc(C)c1NC(=S)N1C[C@H]2C[C@@H](C1)c1cccc(=O)n1C2. The normalized spacial score (nSPS) is 21.2. The zero-order valence-electron chi connectivity index (χ0n) is 15.4. The molecule has 2 aromatic rings. The van der Waals surface area contributed by atoms with Crippen molar-refractivity contribution in [3.05, 3.63) is 63.6 Å². The highest BCUT2D eigenvalue weighted by molar-refractivity contribution is 7.80. The van der Waals surface area contributed by atoms with E-state index in [4.69, 9.17) is 12.2 Å². The van der Waals surface area contributed by atoms with Gasteiger partial charge in [-0.25, -0.2) is 0 Å². The molecule has 1 N–H and O–H groups in total. The lowest BCUT2D eigenvalue weighted by Crippen LogP contribution is -2.50. The average Bonchev–Trinajstić information content (AvgIpc) is 2.64. The Labute approximate surface area is 159 Å². The van der Waals surface area contributed by atoms with Gasteiger partial charge in [0.15, 0.2) is 5.11 Å². The van der Waals surface area contributed by atoms with Gasteiger partial charge in [0.1, 0.15) is 0 Å². The van der Waals surface area contributed by atoms with Crippen LogP contribution in [0.25, 0.3) is 0 Å². The van der Waals surface area contributed by atoms with Gasteiger partial charge in [-0.3, -0.25) is 4.79 Å². The van der Waals surface area contributed by atoms with Gasteiger partial charge in [-0.2, -0.15) is 0 Å². The maximum Gasteiger partial charge on any atom is 0.250 e. The third kappa shape index (κ3) is 3.05. The second kappa shape index (κ2) is 6.88. The molecule has 2 atom stereocenters. The maximum atomic E-state index is 12.2. The Hall–Kier alpha value is -2.14. The smallest absolute Gasteiger partial charge is 0.250 e. The van der Waals surface area contributed by atoms with Crippen molar-refractivity contribution in [2.24, 2.45) is 5.92 Å². The van der Waals surface area contributed by atoms with Gasteiger partial charge in [0, 0.05) is 43.0 Å². The molecule has 26 heavy (non-hydrogen) atoms. The number of thiocarbonyl (C=S) groups is 1. The molecule has 2 bridgehead atoms. The lowest BCUT2D eigenvalue weighted by Gasteiger charge is -2.43. The summed E-state index contributed by atoms with van der Waals surface area (Å²) in [6.07, 6.45) is 2.13. The summed E-state index contributed by atoms with van der Waals surface area (Å²) in [5.41, 5.74) is 4.94. The summed E-state index contributed by atoms with van der Waals surface area (Å²) in [5.74, 6) is 0.849. The van der Waals surface area contributed by atoms with Crippen LogP contribution in [0.3, 0.4) is 0 Å². The number of para-hydroxylation sites is 1. The Morgan fingerprint density at radius 3 is 2.81 bits per heavy atom. The molecule has 1 fully saturated rings. The van der Waals surface area contributed by atoms with Gasteiger partial charge in [0.05, 0.1) is 0 Å². The molecule has 5 heteroatoms. The first kappa shape index (κ1) is 17.3. The fourth-order valence-electron chi connectivity index (χ4n) is 4.45. The molecule has 1 aromatic carbocycles. The summed E-state index contributed by atoms with van der Waals surface area (Å²) in [6.45, 7) is 6.88. The van der Waals surface area contributed by atoms with Gasteiger partial charge in [-0.05, 0) is 55.1 Å². The van der Waals surface area contributed by atoms with Crippen LogP contribution in [0.1, 0.15) is 36.1 Å². The molecule has 0 saturated carbocycles. The van der Waals surface area contributed by atoms with E-state index in [0.717, 1.165) is 49.0 Å². The van der Waals surface area contributed by atoms with Crippen molar-refractivity contribution in [3.8, 4) is 0 Å². The molecule has 0 radical (unpaired) electrons. The van der Waals surface area contributed by atoms with Crippen molar-refractivity contribution in [1.82, 2.24) is 9.47 Å². The molecule has 0 spiro atoms. The molecule has 0 unspecified atom stereocenters. The minimum atomic E-state index is 0.124. The van der Waals surface area contributed by atoms with Crippen LogP contribution in [-0.2, 0) is 13.0 Å². The third-order valence-electron chi connectivity index (χ3n) is 5.74. The third-order valence-corrected chi connectivity index (χ3v) is 6.10. The molecule has 3 heterocycles. The molecular weight excluding hydrogens is 342 g/mol. The van der Waals surface area contributed by atoms with Crippen molar-refractivity contribution in [3.63, 3.8) is 0 Å². The topological polar surface area (TPSA) is 37.3 Å². The van der Waals surface area contributed by atoms with Crippen molar-refractivity contribution in [1.29, 1.82) is 0 Å². The number of anilines is 1. The van der Waals surface area contributed by atoms with Gasteiger partial charge in [0.25, 0.3) is 5.56 Å². The number of piperidine rings is 1. The van der Waals surface area contributed by atoms with Crippen LogP contribution in [0.15, 0.2) is 41.2 Å². The van der Waals surface area contributed by atoms with Gasteiger partial charge >= 0.3 is 0 Å². The van der Waals surface area contributed by atoms with Crippen LogP contribution in [0.5, 0.6) is 0 Å². The highest BCUT2D eigenvalue weighted by Crippen LogP contribution is 2.35. The second-order valence-electron chi connectivity index (χ2n) is 7.50. The Kier molecular flexibility index (Phi) is 4.57. The summed E-state index contributed by atoms with van der Waals surface area (Å²) >= 11 is 5.77. The van der Waals surface area contributed by atoms with E-state index in [1.807, 2.05) is 10.6 Å². The lowest BCUT2D eigenvalue weighted by molar-refractivity contribution is 0.180. The average molecular weight is 368 g/mol. The fraction of sp³-hybridized carbons (Fsp3) is 0.429. The van der Waals surface area contributed by atoms with E-state index in [1.165, 1.54) is 11.1 Å². The Balaban J connectivity index is 1.56. The summed E-state index contributed by atoms with van der Waals surface area (Å²) in [5, 5.41) is 4.31. The van der Waals surface area contributed by atoms with Crippen molar-refractivity contribution >= 4 is 23.0 Å². The quantitative estimate of drug-likeness (QED) is 0.824. The van der Waals surface area contributed by atoms with Crippen molar-refractivity contribution < 1.29 is 0 Å². The van der Waals surface area contributed by atoms with Crippen molar-refractivity contribution in [2.75, 3.05) is 18.4 Å². The molecule has 2 aliphatic heterocycles. The molecule has 1 saturated heterocycles. The number of nitrogens with zero attached hydrogens (tertiary/aromatic N) is 2. The predicted octanol–water partition coefficient (Wildman–Crippen LogP) is 3.54. The highest BCUT2D eigenvalue weighted by atomic mass is 32.1. The number of hydrogen-bond donors (Lipinski definition) is 1. The van der Waals surface area contributed by atoms with Crippen molar-refractivity contribution in [2.45, 2.75) is 39.2 Å². The lowest BCUT2D eigenvalue weighted by atomic mass is 9.83. The maximum absolute atomic E-state index is 12.2. The minimum Gasteiger partial charge on any atom is -0.348 e. The van der Waals surface area contributed by atoms with Gasteiger partial charge in [-0.1, -0.05) is 31.2 Å². The number of nitrogens with one attached hydrogen (secondary N) is 1. The fourth-order valence-corrected chi connectivity index (χ4v) is 4.70. The number of aromatic nitrogens is 1.